The summed E-state index contributed by atoms with van der Waals surface area (Å²) in [5, 5.41) is 7.62. The Hall–Kier alpha value is -1.16. The molecule has 0 aliphatic carbocycles. The van der Waals surface area contributed by atoms with Crippen molar-refractivity contribution in [2.24, 2.45) is 7.05 Å². The van der Waals surface area contributed by atoms with Crippen LogP contribution in [0.3, 0.4) is 0 Å². The van der Waals surface area contributed by atoms with Gasteiger partial charge in [0.2, 0.25) is 0 Å². The van der Waals surface area contributed by atoms with E-state index in [-0.39, 0.29) is 5.41 Å². The Balaban J connectivity index is 2.73. The third-order valence-corrected chi connectivity index (χ3v) is 2.10. The highest BCUT2D eigenvalue weighted by molar-refractivity contribution is 5.03. The molecule has 84 valence electrons. The van der Waals surface area contributed by atoms with E-state index in [0.29, 0.717) is 0 Å². The second-order valence-corrected chi connectivity index (χ2v) is 4.64. The monoisotopic (exact) mass is 208 g/mol. The predicted octanol–water partition coefficient (Wildman–Crippen LogP) is 1.39. The van der Waals surface area contributed by atoms with Crippen molar-refractivity contribution in [3.8, 4) is 0 Å². The summed E-state index contributed by atoms with van der Waals surface area (Å²) in [4.78, 5) is 4.51. The largest absolute Gasteiger partial charge is 0.306 e. The van der Waals surface area contributed by atoms with Gasteiger partial charge in [0.05, 0.1) is 6.54 Å². The molecule has 0 aromatic carbocycles. The number of rotatable bonds is 4. The van der Waals surface area contributed by atoms with Gasteiger partial charge in [-0.1, -0.05) is 26.8 Å². The van der Waals surface area contributed by atoms with Gasteiger partial charge in [-0.05, 0) is 0 Å². The molecule has 0 unspecified atom stereocenters. The first-order valence-electron chi connectivity index (χ1n) is 5.17. The smallest absolute Gasteiger partial charge is 0.156 e. The third-order valence-electron chi connectivity index (χ3n) is 2.10. The summed E-state index contributed by atoms with van der Waals surface area (Å²) in [5.41, 5.74) is 0.00838. The van der Waals surface area contributed by atoms with Crippen LogP contribution in [0.1, 0.15) is 32.4 Å². The average Bonchev–Trinajstić information content (AvgIpc) is 2.48. The van der Waals surface area contributed by atoms with Gasteiger partial charge in [0, 0.05) is 19.0 Å². The summed E-state index contributed by atoms with van der Waals surface area (Å²) < 4.78 is 1.83. The molecule has 4 nitrogen and oxygen atoms in total. The zero-order chi connectivity index (χ0) is 11.5. The van der Waals surface area contributed by atoms with Crippen molar-refractivity contribution >= 4 is 0 Å². The fraction of sp³-hybridized carbons (Fsp3) is 0.636. The Morgan fingerprint density at radius 3 is 2.60 bits per heavy atom. The fourth-order valence-electron chi connectivity index (χ4n) is 1.17. The van der Waals surface area contributed by atoms with Gasteiger partial charge in [0.1, 0.15) is 5.82 Å². The second-order valence-electron chi connectivity index (χ2n) is 4.64. The van der Waals surface area contributed by atoms with Crippen molar-refractivity contribution in [3.63, 3.8) is 0 Å². The summed E-state index contributed by atoms with van der Waals surface area (Å²) in [6, 6.07) is 0. The fourth-order valence-corrected chi connectivity index (χ4v) is 1.17. The second kappa shape index (κ2) is 4.57. The van der Waals surface area contributed by atoms with Gasteiger partial charge < -0.3 is 5.32 Å². The van der Waals surface area contributed by atoms with Gasteiger partial charge in [-0.25, -0.2) is 4.98 Å². The Morgan fingerprint density at radius 2 is 2.13 bits per heavy atom. The quantitative estimate of drug-likeness (QED) is 0.600. The Labute approximate surface area is 91.4 Å². The molecule has 0 aliphatic heterocycles. The molecule has 0 spiro atoms. The van der Waals surface area contributed by atoms with E-state index in [1.54, 1.807) is 0 Å². The zero-order valence-electron chi connectivity index (χ0n) is 10.0. The predicted molar refractivity (Wildman–Crippen MR) is 61.6 cm³/mol. The Kier molecular flexibility index (Phi) is 3.63. The molecule has 0 bridgehead atoms. The number of aryl methyl sites for hydroxylation is 1. The normalized spacial score (nSPS) is 11.7. The van der Waals surface area contributed by atoms with Crippen LogP contribution in [0.2, 0.25) is 0 Å². The van der Waals surface area contributed by atoms with Gasteiger partial charge in [-0.3, -0.25) is 4.68 Å². The van der Waals surface area contributed by atoms with Crippen molar-refractivity contribution in [2.75, 3.05) is 6.54 Å². The highest BCUT2D eigenvalue weighted by Gasteiger charge is 2.20. The van der Waals surface area contributed by atoms with Crippen LogP contribution in [-0.4, -0.2) is 21.3 Å². The third kappa shape index (κ3) is 3.16. The highest BCUT2D eigenvalue weighted by Crippen LogP contribution is 2.17. The van der Waals surface area contributed by atoms with Crippen LogP contribution in [-0.2, 0) is 19.0 Å². The molecule has 0 saturated carbocycles. The molecule has 0 atom stereocenters. The molecule has 0 fully saturated rings. The van der Waals surface area contributed by atoms with Crippen molar-refractivity contribution in [1.82, 2.24) is 20.1 Å². The molecule has 0 aliphatic rings. The van der Waals surface area contributed by atoms with Gasteiger partial charge in [-0.2, -0.15) is 5.10 Å². The first-order chi connectivity index (χ1) is 6.95. The van der Waals surface area contributed by atoms with Gasteiger partial charge in [0.15, 0.2) is 5.82 Å². The lowest BCUT2D eigenvalue weighted by molar-refractivity contribution is 0.538. The highest BCUT2D eigenvalue weighted by atomic mass is 15.3. The molecule has 1 aromatic heterocycles. The van der Waals surface area contributed by atoms with E-state index in [4.69, 9.17) is 0 Å². The van der Waals surface area contributed by atoms with Crippen LogP contribution in [0.4, 0.5) is 0 Å². The van der Waals surface area contributed by atoms with E-state index in [1.165, 1.54) is 0 Å². The summed E-state index contributed by atoms with van der Waals surface area (Å²) in [6.45, 7) is 11.5. The molecule has 0 radical (unpaired) electrons. The molecule has 4 heteroatoms. The summed E-state index contributed by atoms with van der Waals surface area (Å²) in [6.07, 6.45) is 1.83. The van der Waals surface area contributed by atoms with E-state index < -0.39 is 0 Å². The Bertz CT molecular complexity index is 333. The van der Waals surface area contributed by atoms with Crippen molar-refractivity contribution in [1.29, 1.82) is 0 Å². The lowest BCUT2D eigenvalue weighted by atomic mass is 9.96. The van der Waals surface area contributed by atoms with Crippen LogP contribution in [0.25, 0.3) is 0 Å². The van der Waals surface area contributed by atoms with Gasteiger partial charge in [0.25, 0.3) is 0 Å². The van der Waals surface area contributed by atoms with Crippen molar-refractivity contribution in [2.45, 2.75) is 32.7 Å². The molecular formula is C11H20N4. The lowest BCUT2D eigenvalue weighted by Gasteiger charge is -2.11. The number of hydrogen-bond donors (Lipinski definition) is 1. The number of nitrogens with zero attached hydrogens (tertiary/aromatic N) is 3. The van der Waals surface area contributed by atoms with Gasteiger partial charge in [-0.15, -0.1) is 6.58 Å². The SMILES string of the molecule is C=CCNCc1nc(C(C)(C)C)nn1C. The molecule has 0 saturated heterocycles. The number of hydrogen-bond acceptors (Lipinski definition) is 3. The minimum Gasteiger partial charge on any atom is -0.306 e. The molecule has 1 N–H and O–H groups in total. The maximum absolute atomic E-state index is 4.51. The number of aromatic nitrogens is 3. The maximum Gasteiger partial charge on any atom is 0.156 e. The summed E-state index contributed by atoms with van der Waals surface area (Å²) in [5.74, 6) is 1.85. The first-order valence-corrected chi connectivity index (χ1v) is 5.17. The molecule has 1 rings (SSSR count). The molecule has 1 heterocycles. The molecule has 15 heavy (non-hydrogen) atoms. The van der Waals surface area contributed by atoms with Crippen molar-refractivity contribution in [3.05, 3.63) is 24.3 Å². The standard InChI is InChI=1S/C11H20N4/c1-6-7-12-8-9-13-10(11(2,3)4)14-15(9)5/h6,12H,1,7-8H2,2-5H3. The summed E-state index contributed by atoms with van der Waals surface area (Å²) in [7, 11) is 1.92. The Morgan fingerprint density at radius 1 is 1.47 bits per heavy atom. The van der Waals surface area contributed by atoms with E-state index in [9.17, 15) is 0 Å². The number of nitrogens with one attached hydrogen (secondary N) is 1. The van der Waals surface area contributed by atoms with Crippen LogP contribution in [0.5, 0.6) is 0 Å². The van der Waals surface area contributed by atoms with E-state index >= 15 is 0 Å². The van der Waals surface area contributed by atoms with Crippen LogP contribution in [0.15, 0.2) is 12.7 Å². The van der Waals surface area contributed by atoms with Crippen LogP contribution >= 0.6 is 0 Å². The maximum atomic E-state index is 4.51. The lowest BCUT2D eigenvalue weighted by Crippen LogP contribution is -2.16. The average molecular weight is 208 g/mol. The summed E-state index contributed by atoms with van der Waals surface area (Å²) >= 11 is 0. The molecular weight excluding hydrogens is 188 g/mol. The molecule has 0 amide bonds. The minimum atomic E-state index is 0.00838. The van der Waals surface area contributed by atoms with E-state index in [1.807, 2.05) is 17.8 Å². The van der Waals surface area contributed by atoms with Crippen LogP contribution < -0.4 is 5.32 Å². The minimum absolute atomic E-state index is 0.00838. The van der Waals surface area contributed by atoms with Gasteiger partial charge >= 0.3 is 0 Å². The van der Waals surface area contributed by atoms with Crippen LogP contribution in [0, 0.1) is 0 Å². The van der Waals surface area contributed by atoms with Crippen molar-refractivity contribution < 1.29 is 0 Å². The topological polar surface area (TPSA) is 42.7 Å². The molecule has 1 aromatic rings. The van der Waals surface area contributed by atoms with E-state index in [0.717, 1.165) is 24.7 Å². The zero-order valence-corrected chi connectivity index (χ0v) is 10.0. The van der Waals surface area contributed by atoms with E-state index in [2.05, 4.69) is 42.7 Å². The first kappa shape index (κ1) is 11.9.